The van der Waals surface area contributed by atoms with Crippen LogP contribution in [0, 0.1) is 6.92 Å². The number of carbonyl (C=O) groups is 2. The van der Waals surface area contributed by atoms with Crippen LogP contribution in [0.3, 0.4) is 0 Å². The van der Waals surface area contributed by atoms with Gasteiger partial charge in [-0.25, -0.2) is 13.1 Å². The topological polar surface area (TPSA) is 129 Å². The molecule has 0 aliphatic heterocycles. The van der Waals surface area contributed by atoms with Crippen molar-refractivity contribution >= 4 is 21.9 Å². The van der Waals surface area contributed by atoms with Crippen LogP contribution >= 0.6 is 0 Å². The molecule has 20 heavy (non-hydrogen) atoms. The van der Waals surface area contributed by atoms with Crippen molar-refractivity contribution in [3.63, 3.8) is 0 Å². The van der Waals surface area contributed by atoms with E-state index in [1.54, 1.807) is 19.1 Å². The van der Waals surface area contributed by atoms with Gasteiger partial charge in [0, 0.05) is 6.42 Å². The lowest BCUT2D eigenvalue weighted by molar-refractivity contribution is -0.308. The van der Waals surface area contributed by atoms with Crippen LogP contribution in [-0.2, 0) is 19.6 Å². The first kappa shape index (κ1) is 16.1. The van der Waals surface area contributed by atoms with Crippen molar-refractivity contribution in [3.8, 4) is 0 Å². The Bertz CT molecular complexity index is 595. The number of carboxylic acids is 1. The van der Waals surface area contributed by atoms with Gasteiger partial charge in [0.15, 0.2) is 0 Å². The lowest BCUT2D eigenvalue weighted by Gasteiger charge is -2.19. The smallest absolute Gasteiger partial charge is 0.241 e. The molecule has 1 atom stereocenters. The van der Waals surface area contributed by atoms with Crippen molar-refractivity contribution in [2.75, 3.05) is 0 Å². The summed E-state index contributed by atoms with van der Waals surface area (Å²) in [7, 11) is -3.99. The van der Waals surface area contributed by atoms with E-state index in [9.17, 15) is 23.1 Å². The van der Waals surface area contributed by atoms with Crippen molar-refractivity contribution in [3.05, 3.63) is 29.8 Å². The van der Waals surface area contributed by atoms with E-state index in [2.05, 4.69) is 0 Å². The molecule has 1 aromatic rings. The summed E-state index contributed by atoms with van der Waals surface area (Å²) in [5.74, 6) is -2.33. The number of hydrogen-bond donors (Lipinski definition) is 2. The van der Waals surface area contributed by atoms with E-state index >= 15 is 0 Å². The van der Waals surface area contributed by atoms with E-state index in [1.165, 1.54) is 12.1 Å². The van der Waals surface area contributed by atoms with Crippen LogP contribution in [0.2, 0.25) is 0 Å². The number of sulfonamides is 1. The molecule has 0 saturated heterocycles. The van der Waals surface area contributed by atoms with Crippen molar-refractivity contribution in [2.24, 2.45) is 5.73 Å². The zero-order valence-electron chi connectivity index (χ0n) is 10.8. The van der Waals surface area contributed by atoms with Gasteiger partial charge in [-0.15, -0.1) is 0 Å². The van der Waals surface area contributed by atoms with Crippen LogP contribution in [0.5, 0.6) is 0 Å². The molecule has 0 saturated carbocycles. The third-order valence-electron chi connectivity index (χ3n) is 2.59. The second-order valence-electron chi connectivity index (χ2n) is 4.31. The molecule has 0 heterocycles. The Hall–Kier alpha value is -1.93. The number of benzene rings is 1. The molecular weight excluding hydrogens is 284 g/mol. The van der Waals surface area contributed by atoms with Crippen LogP contribution in [0.1, 0.15) is 18.4 Å². The maximum Gasteiger partial charge on any atom is 0.241 e. The molecule has 1 rings (SSSR count). The maximum absolute atomic E-state index is 12.0. The Kier molecular flexibility index (Phi) is 5.23. The Morgan fingerprint density at radius 1 is 1.30 bits per heavy atom. The Labute approximate surface area is 116 Å². The average Bonchev–Trinajstić information content (AvgIpc) is 2.34. The summed E-state index contributed by atoms with van der Waals surface area (Å²) in [6.45, 7) is 1.79. The van der Waals surface area contributed by atoms with Gasteiger partial charge in [0.25, 0.3) is 0 Å². The van der Waals surface area contributed by atoms with E-state index in [0.29, 0.717) is 0 Å². The summed E-state index contributed by atoms with van der Waals surface area (Å²) in [5, 5.41) is 10.9. The fourth-order valence-electron chi connectivity index (χ4n) is 1.48. The standard InChI is InChI=1S/C12H16N2O5S/c1-8-2-4-9(5-3-8)20(18,19)14-10(12(16)17)6-7-11(13)15/h2-5,10,14H,6-7H2,1H3,(H2,13,15)(H,16,17)/p-1/t10-/m0/s1. The highest BCUT2D eigenvalue weighted by molar-refractivity contribution is 7.89. The van der Waals surface area contributed by atoms with Gasteiger partial charge < -0.3 is 15.6 Å². The summed E-state index contributed by atoms with van der Waals surface area (Å²) < 4.78 is 26.0. The van der Waals surface area contributed by atoms with Crippen molar-refractivity contribution in [1.82, 2.24) is 4.72 Å². The third kappa shape index (κ3) is 4.63. The first-order valence-electron chi connectivity index (χ1n) is 5.80. The number of carbonyl (C=O) groups excluding carboxylic acids is 2. The lowest BCUT2D eigenvalue weighted by Crippen LogP contribution is -2.48. The van der Waals surface area contributed by atoms with E-state index in [0.717, 1.165) is 5.56 Å². The largest absolute Gasteiger partial charge is 0.548 e. The number of rotatable bonds is 7. The molecule has 110 valence electrons. The summed E-state index contributed by atoms with van der Waals surface area (Å²) in [4.78, 5) is 21.5. The number of nitrogens with one attached hydrogen (secondary N) is 1. The molecule has 1 amide bonds. The quantitative estimate of drug-likeness (QED) is 0.643. The van der Waals surface area contributed by atoms with Crippen molar-refractivity contribution in [1.29, 1.82) is 0 Å². The molecule has 0 bridgehead atoms. The molecule has 0 fully saturated rings. The zero-order valence-corrected chi connectivity index (χ0v) is 11.6. The number of aryl methyl sites for hydroxylation is 1. The highest BCUT2D eigenvalue weighted by Crippen LogP contribution is 2.11. The predicted molar refractivity (Wildman–Crippen MR) is 68.7 cm³/mol. The maximum atomic E-state index is 12.0. The minimum absolute atomic E-state index is 0.0616. The summed E-state index contributed by atoms with van der Waals surface area (Å²) in [5.41, 5.74) is 5.77. The van der Waals surface area contributed by atoms with Gasteiger partial charge in [0.05, 0.1) is 16.9 Å². The SMILES string of the molecule is Cc1ccc(S(=O)(=O)N[C@@H](CCC(N)=O)C(=O)[O-])cc1. The molecule has 3 N–H and O–H groups in total. The zero-order chi connectivity index (χ0) is 15.3. The summed E-state index contributed by atoms with van der Waals surface area (Å²) >= 11 is 0. The van der Waals surface area contributed by atoms with Crippen LogP contribution in [0.15, 0.2) is 29.2 Å². The van der Waals surface area contributed by atoms with Crippen LogP contribution in [0.25, 0.3) is 0 Å². The summed E-state index contributed by atoms with van der Waals surface area (Å²) in [6.07, 6.45) is -0.516. The van der Waals surface area contributed by atoms with Crippen molar-refractivity contribution < 1.29 is 23.1 Å². The molecule has 0 unspecified atom stereocenters. The number of amides is 1. The molecule has 0 spiro atoms. The predicted octanol–water partition coefficient (Wildman–Crippen LogP) is -1.34. The Morgan fingerprint density at radius 2 is 1.85 bits per heavy atom. The number of nitrogens with two attached hydrogens (primary N) is 1. The molecule has 0 aliphatic rings. The monoisotopic (exact) mass is 299 g/mol. The molecule has 1 aromatic carbocycles. The number of primary amides is 1. The molecular formula is C12H15N2O5S-. The Balaban J connectivity index is 2.88. The number of hydrogen-bond acceptors (Lipinski definition) is 5. The van der Waals surface area contributed by atoms with Gasteiger partial charge in [-0.1, -0.05) is 17.7 Å². The molecule has 8 heteroatoms. The van der Waals surface area contributed by atoms with Gasteiger partial charge in [-0.3, -0.25) is 4.79 Å². The molecule has 0 aliphatic carbocycles. The highest BCUT2D eigenvalue weighted by atomic mass is 32.2. The second-order valence-corrected chi connectivity index (χ2v) is 6.02. The fourth-order valence-corrected chi connectivity index (χ4v) is 2.70. The first-order chi connectivity index (χ1) is 9.22. The van der Waals surface area contributed by atoms with E-state index in [-0.39, 0.29) is 17.7 Å². The minimum Gasteiger partial charge on any atom is -0.548 e. The van der Waals surface area contributed by atoms with Gasteiger partial charge in [-0.2, -0.15) is 0 Å². The van der Waals surface area contributed by atoms with Gasteiger partial charge in [-0.05, 0) is 25.5 Å². The third-order valence-corrected chi connectivity index (χ3v) is 4.08. The average molecular weight is 299 g/mol. The first-order valence-corrected chi connectivity index (χ1v) is 7.29. The molecule has 0 radical (unpaired) electrons. The van der Waals surface area contributed by atoms with Gasteiger partial charge >= 0.3 is 0 Å². The van der Waals surface area contributed by atoms with Gasteiger partial charge in [0.1, 0.15) is 0 Å². The molecule has 7 nitrogen and oxygen atoms in total. The Morgan fingerprint density at radius 3 is 2.30 bits per heavy atom. The molecule has 0 aromatic heterocycles. The fraction of sp³-hybridized carbons (Fsp3) is 0.333. The second kappa shape index (κ2) is 6.49. The van der Waals surface area contributed by atoms with Crippen LogP contribution in [0.4, 0.5) is 0 Å². The van der Waals surface area contributed by atoms with E-state index in [1.807, 2.05) is 4.72 Å². The summed E-state index contributed by atoms with van der Waals surface area (Å²) in [6, 6.07) is 4.39. The van der Waals surface area contributed by atoms with Gasteiger partial charge in [0.2, 0.25) is 15.9 Å². The van der Waals surface area contributed by atoms with E-state index in [4.69, 9.17) is 5.73 Å². The number of aliphatic carboxylic acids is 1. The normalized spacial score (nSPS) is 12.8. The van der Waals surface area contributed by atoms with E-state index < -0.39 is 27.9 Å². The highest BCUT2D eigenvalue weighted by Gasteiger charge is 2.21. The van der Waals surface area contributed by atoms with Crippen LogP contribution in [-0.4, -0.2) is 26.3 Å². The number of carboxylic acid groups (broad SMARTS) is 1. The van der Waals surface area contributed by atoms with Crippen molar-refractivity contribution in [2.45, 2.75) is 30.7 Å². The van der Waals surface area contributed by atoms with Crippen LogP contribution < -0.4 is 15.6 Å². The lowest BCUT2D eigenvalue weighted by atomic mass is 10.2. The minimum atomic E-state index is -3.99.